The fourth-order valence-electron chi connectivity index (χ4n) is 3.19. The van der Waals surface area contributed by atoms with Crippen LogP contribution in [0.15, 0.2) is 30.3 Å². The highest BCUT2D eigenvalue weighted by Gasteiger charge is 2.34. The molecule has 1 aromatic carbocycles. The predicted molar refractivity (Wildman–Crippen MR) is 77.6 cm³/mol. The number of likely N-dealkylation sites (tertiary alicyclic amines) is 1. The van der Waals surface area contributed by atoms with Crippen LogP contribution in [-0.2, 0) is 4.79 Å². The van der Waals surface area contributed by atoms with Gasteiger partial charge in [0, 0.05) is 13.1 Å². The highest BCUT2D eigenvalue weighted by Crippen LogP contribution is 2.26. The lowest BCUT2D eigenvalue weighted by molar-refractivity contribution is -0.133. The Bertz CT molecular complexity index is 449. The number of fused-ring (bicyclic) bond motifs is 1. The van der Waals surface area contributed by atoms with Crippen LogP contribution in [0.2, 0.25) is 0 Å². The second kappa shape index (κ2) is 6.27. The molecule has 3 rings (SSSR count). The smallest absolute Gasteiger partial charge is 0.226 e. The summed E-state index contributed by atoms with van der Waals surface area (Å²) in [5, 5.41) is 3.43. The molecule has 2 unspecified atom stereocenters. The third-order valence-corrected chi connectivity index (χ3v) is 4.38. The Hall–Kier alpha value is -1.55. The summed E-state index contributed by atoms with van der Waals surface area (Å²) in [5.74, 6) is 2.49. The van der Waals surface area contributed by atoms with Gasteiger partial charge in [0.2, 0.25) is 5.91 Å². The largest absolute Gasteiger partial charge is 0.493 e. The Kier molecular flexibility index (Phi) is 4.21. The van der Waals surface area contributed by atoms with E-state index in [0.29, 0.717) is 18.9 Å². The molecule has 0 aromatic heterocycles. The van der Waals surface area contributed by atoms with E-state index in [1.54, 1.807) is 0 Å². The van der Waals surface area contributed by atoms with Crippen molar-refractivity contribution in [3.05, 3.63) is 30.3 Å². The maximum atomic E-state index is 12.2. The summed E-state index contributed by atoms with van der Waals surface area (Å²) in [5.41, 5.74) is 0. The van der Waals surface area contributed by atoms with Gasteiger partial charge in [0.25, 0.3) is 0 Å². The van der Waals surface area contributed by atoms with Crippen LogP contribution in [0.4, 0.5) is 0 Å². The summed E-state index contributed by atoms with van der Waals surface area (Å²) in [6.45, 7) is 4.49. The minimum atomic E-state index is 0.228. The lowest BCUT2D eigenvalue weighted by atomic mass is 9.88. The van der Waals surface area contributed by atoms with Crippen LogP contribution >= 0.6 is 0 Å². The number of carbonyl (C=O) groups is 1. The maximum absolute atomic E-state index is 12.2. The first-order valence-corrected chi connectivity index (χ1v) is 7.49. The van der Waals surface area contributed by atoms with Crippen LogP contribution in [0.1, 0.15) is 12.8 Å². The standard InChI is InChI=1S/C16H22N2O2/c19-16(7-9-20-15-4-2-1-3-5-15)18-8-6-13-10-17-11-14(13)12-18/h1-5,13-14,17H,6-12H2. The van der Waals surface area contributed by atoms with Gasteiger partial charge in [0.15, 0.2) is 0 Å². The summed E-state index contributed by atoms with van der Waals surface area (Å²) in [6, 6.07) is 9.67. The zero-order valence-corrected chi connectivity index (χ0v) is 11.8. The number of hydrogen-bond donors (Lipinski definition) is 1. The van der Waals surface area contributed by atoms with Gasteiger partial charge in [-0.05, 0) is 43.5 Å². The molecule has 108 valence electrons. The molecule has 2 fully saturated rings. The van der Waals surface area contributed by atoms with Crippen LogP contribution in [0, 0.1) is 11.8 Å². The molecule has 1 amide bonds. The van der Waals surface area contributed by atoms with Gasteiger partial charge in [-0.1, -0.05) is 18.2 Å². The normalized spacial score (nSPS) is 25.3. The van der Waals surface area contributed by atoms with Crippen molar-refractivity contribution in [3.63, 3.8) is 0 Å². The van der Waals surface area contributed by atoms with Crippen molar-refractivity contribution in [2.24, 2.45) is 11.8 Å². The Balaban J connectivity index is 1.43. The Morgan fingerprint density at radius 3 is 2.90 bits per heavy atom. The van der Waals surface area contributed by atoms with Crippen molar-refractivity contribution in [1.29, 1.82) is 0 Å². The fourth-order valence-corrected chi connectivity index (χ4v) is 3.19. The fraction of sp³-hybridized carbons (Fsp3) is 0.562. The van der Waals surface area contributed by atoms with Gasteiger partial charge in [0.1, 0.15) is 5.75 Å². The van der Waals surface area contributed by atoms with Crippen molar-refractivity contribution >= 4 is 5.91 Å². The second-order valence-electron chi connectivity index (χ2n) is 5.72. The predicted octanol–water partition coefficient (Wildman–Crippen LogP) is 1.52. The second-order valence-corrected chi connectivity index (χ2v) is 5.72. The highest BCUT2D eigenvalue weighted by atomic mass is 16.5. The molecule has 4 nitrogen and oxygen atoms in total. The molecule has 0 saturated carbocycles. The molecule has 2 saturated heterocycles. The number of amides is 1. The van der Waals surface area contributed by atoms with E-state index in [-0.39, 0.29) is 5.91 Å². The van der Waals surface area contributed by atoms with E-state index in [1.165, 1.54) is 0 Å². The van der Waals surface area contributed by atoms with E-state index in [4.69, 9.17) is 4.74 Å². The average Bonchev–Trinajstić information content (AvgIpc) is 2.95. The third-order valence-electron chi connectivity index (χ3n) is 4.38. The van der Waals surface area contributed by atoms with Crippen molar-refractivity contribution in [1.82, 2.24) is 10.2 Å². The lowest BCUT2D eigenvalue weighted by Gasteiger charge is -2.34. The Morgan fingerprint density at radius 2 is 2.05 bits per heavy atom. The van der Waals surface area contributed by atoms with Gasteiger partial charge in [-0.3, -0.25) is 4.79 Å². The Morgan fingerprint density at radius 1 is 1.25 bits per heavy atom. The zero-order chi connectivity index (χ0) is 13.8. The number of nitrogens with zero attached hydrogens (tertiary/aromatic N) is 1. The summed E-state index contributed by atoms with van der Waals surface area (Å²) in [4.78, 5) is 14.2. The van der Waals surface area contributed by atoms with Crippen molar-refractivity contribution in [2.75, 3.05) is 32.8 Å². The van der Waals surface area contributed by atoms with E-state index in [1.807, 2.05) is 35.2 Å². The number of nitrogens with one attached hydrogen (secondary N) is 1. The van der Waals surface area contributed by atoms with Gasteiger partial charge in [-0.2, -0.15) is 0 Å². The molecule has 2 atom stereocenters. The first-order chi connectivity index (χ1) is 9.83. The number of rotatable bonds is 4. The third kappa shape index (κ3) is 3.12. The Labute approximate surface area is 120 Å². The van der Waals surface area contributed by atoms with Gasteiger partial charge in [-0.25, -0.2) is 0 Å². The van der Waals surface area contributed by atoms with E-state index in [2.05, 4.69) is 5.32 Å². The number of benzene rings is 1. The van der Waals surface area contributed by atoms with E-state index in [0.717, 1.165) is 44.3 Å². The van der Waals surface area contributed by atoms with Crippen LogP contribution in [0.25, 0.3) is 0 Å². The molecule has 0 spiro atoms. The number of carbonyl (C=O) groups excluding carboxylic acids is 1. The van der Waals surface area contributed by atoms with E-state index >= 15 is 0 Å². The van der Waals surface area contributed by atoms with Crippen LogP contribution in [-0.4, -0.2) is 43.6 Å². The summed E-state index contributed by atoms with van der Waals surface area (Å²) in [7, 11) is 0. The van der Waals surface area contributed by atoms with Gasteiger partial charge < -0.3 is 15.0 Å². The SMILES string of the molecule is O=C(CCOc1ccccc1)N1CCC2CNCC2C1. The molecule has 2 aliphatic rings. The first kappa shape index (κ1) is 13.4. The molecule has 4 heteroatoms. The van der Waals surface area contributed by atoms with Crippen molar-refractivity contribution < 1.29 is 9.53 Å². The van der Waals surface area contributed by atoms with Gasteiger partial charge >= 0.3 is 0 Å². The molecule has 1 N–H and O–H groups in total. The molecule has 0 radical (unpaired) electrons. The molecule has 0 aliphatic carbocycles. The van der Waals surface area contributed by atoms with Crippen molar-refractivity contribution in [2.45, 2.75) is 12.8 Å². The van der Waals surface area contributed by atoms with Gasteiger partial charge in [0.05, 0.1) is 13.0 Å². The molecule has 20 heavy (non-hydrogen) atoms. The minimum absolute atomic E-state index is 0.228. The number of ether oxygens (including phenoxy) is 1. The summed E-state index contributed by atoms with van der Waals surface area (Å²) < 4.78 is 5.59. The minimum Gasteiger partial charge on any atom is -0.493 e. The lowest BCUT2D eigenvalue weighted by Crippen LogP contribution is -2.43. The number of para-hydroxylation sites is 1. The van der Waals surface area contributed by atoms with Crippen molar-refractivity contribution in [3.8, 4) is 5.75 Å². The molecule has 0 bridgehead atoms. The van der Waals surface area contributed by atoms with Crippen LogP contribution in [0.3, 0.4) is 0 Å². The molecular weight excluding hydrogens is 252 g/mol. The average molecular weight is 274 g/mol. The van der Waals surface area contributed by atoms with Crippen LogP contribution < -0.4 is 10.1 Å². The molecule has 2 heterocycles. The highest BCUT2D eigenvalue weighted by molar-refractivity contribution is 5.76. The van der Waals surface area contributed by atoms with E-state index in [9.17, 15) is 4.79 Å². The maximum Gasteiger partial charge on any atom is 0.226 e. The molecule has 1 aromatic rings. The monoisotopic (exact) mass is 274 g/mol. The number of hydrogen-bond acceptors (Lipinski definition) is 3. The van der Waals surface area contributed by atoms with E-state index < -0.39 is 0 Å². The van der Waals surface area contributed by atoms with Gasteiger partial charge in [-0.15, -0.1) is 0 Å². The summed E-state index contributed by atoms with van der Waals surface area (Å²) >= 11 is 0. The van der Waals surface area contributed by atoms with Crippen LogP contribution in [0.5, 0.6) is 5.75 Å². The molecular formula is C16H22N2O2. The topological polar surface area (TPSA) is 41.6 Å². The number of piperidine rings is 1. The first-order valence-electron chi connectivity index (χ1n) is 7.49. The zero-order valence-electron chi connectivity index (χ0n) is 11.8. The molecule has 2 aliphatic heterocycles. The summed E-state index contributed by atoms with van der Waals surface area (Å²) in [6.07, 6.45) is 1.61. The quantitative estimate of drug-likeness (QED) is 0.905.